The van der Waals surface area contributed by atoms with Gasteiger partial charge in [-0.3, -0.25) is 0 Å². The Morgan fingerprint density at radius 3 is 2.26 bits per heavy atom. The fraction of sp³-hybridized carbons (Fsp3) is 0.308. The molecule has 0 aromatic heterocycles. The molecular formula is C13H16F3NO2. The van der Waals surface area contributed by atoms with E-state index in [9.17, 15) is 13.2 Å². The molecule has 19 heavy (non-hydrogen) atoms. The minimum atomic E-state index is -5.19. The predicted octanol–water partition coefficient (Wildman–Crippen LogP) is 0.277. The van der Waals surface area contributed by atoms with Gasteiger partial charge in [0, 0.05) is 6.42 Å². The number of rotatable bonds is 5. The Hall–Kier alpha value is -1.82. The first-order chi connectivity index (χ1) is 8.88. The fourth-order valence-electron chi connectivity index (χ4n) is 1.15. The van der Waals surface area contributed by atoms with Gasteiger partial charge in [0.25, 0.3) is 0 Å². The summed E-state index contributed by atoms with van der Waals surface area (Å²) in [6.45, 7) is 5.84. The number of benzene rings is 1. The molecule has 0 bridgehead atoms. The summed E-state index contributed by atoms with van der Waals surface area (Å²) in [5, 5.41) is 11.0. The van der Waals surface area contributed by atoms with Crippen molar-refractivity contribution in [3.63, 3.8) is 0 Å². The van der Waals surface area contributed by atoms with Crippen LogP contribution in [0, 0.1) is 0 Å². The van der Waals surface area contributed by atoms with Crippen molar-refractivity contribution in [1.29, 1.82) is 0 Å². The summed E-state index contributed by atoms with van der Waals surface area (Å²) in [5.41, 5.74) is 1.41. The fourth-order valence-corrected chi connectivity index (χ4v) is 1.15. The van der Waals surface area contributed by atoms with E-state index in [2.05, 4.69) is 42.2 Å². The van der Waals surface area contributed by atoms with Gasteiger partial charge in [-0.2, -0.15) is 13.2 Å². The molecule has 0 aliphatic carbocycles. The van der Waals surface area contributed by atoms with Crippen molar-refractivity contribution in [2.24, 2.45) is 0 Å². The lowest BCUT2D eigenvalue weighted by atomic mass is 10.1. The number of carbonyl (C=O) groups is 1. The van der Waals surface area contributed by atoms with Crippen LogP contribution in [0.1, 0.15) is 5.56 Å². The van der Waals surface area contributed by atoms with Crippen LogP contribution in [0.5, 0.6) is 0 Å². The van der Waals surface area contributed by atoms with Crippen LogP contribution < -0.4 is 10.4 Å². The molecule has 0 aliphatic rings. The molecule has 2 N–H and O–H groups in total. The highest BCUT2D eigenvalue weighted by molar-refractivity contribution is 5.70. The van der Waals surface area contributed by atoms with Crippen LogP contribution in [0.2, 0.25) is 0 Å². The molecule has 0 saturated carbocycles. The maximum atomic E-state index is 10.5. The van der Waals surface area contributed by atoms with Gasteiger partial charge in [0.1, 0.15) is 5.97 Å². The van der Waals surface area contributed by atoms with Crippen LogP contribution in [0.3, 0.4) is 0 Å². The molecule has 3 nitrogen and oxygen atoms in total. The monoisotopic (exact) mass is 275 g/mol. The summed E-state index contributed by atoms with van der Waals surface area (Å²) in [5.74, 6) is -3.01. The second kappa shape index (κ2) is 9.16. The van der Waals surface area contributed by atoms with Crippen LogP contribution in [-0.4, -0.2) is 25.2 Å². The molecule has 0 spiro atoms. The Bertz CT molecular complexity index is 377. The van der Waals surface area contributed by atoms with Crippen molar-refractivity contribution < 1.29 is 28.4 Å². The molecule has 106 valence electrons. The Balaban J connectivity index is 0.000000399. The molecular weight excluding hydrogens is 259 g/mol. The van der Waals surface area contributed by atoms with E-state index in [-0.39, 0.29) is 0 Å². The lowest BCUT2D eigenvalue weighted by molar-refractivity contribution is -0.645. The van der Waals surface area contributed by atoms with Crippen molar-refractivity contribution in [3.8, 4) is 0 Å². The summed E-state index contributed by atoms with van der Waals surface area (Å²) in [6, 6.07) is 10.6. The van der Waals surface area contributed by atoms with E-state index >= 15 is 0 Å². The number of alkyl halides is 3. The molecule has 6 heteroatoms. The van der Waals surface area contributed by atoms with Crippen LogP contribution >= 0.6 is 0 Å². The van der Waals surface area contributed by atoms with E-state index in [1.807, 2.05) is 6.08 Å². The van der Waals surface area contributed by atoms with Gasteiger partial charge in [0.15, 0.2) is 0 Å². The van der Waals surface area contributed by atoms with Gasteiger partial charge in [0.2, 0.25) is 0 Å². The maximum Gasteiger partial charge on any atom is 0.430 e. The highest BCUT2D eigenvalue weighted by Crippen LogP contribution is 2.11. The van der Waals surface area contributed by atoms with Crippen molar-refractivity contribution in [2.75, 3.05) is 13.1 Å². The highest BCUT2D eigenvalue weighted by Gasteiger charge is 2.28. The van der Waals surface area contributed by atoms with Crippen molar-refractivity contribution >= 4 is 5.97 Å². The Morgan fingerprint density at radius 2 is 1.84 bits per heavy atom. The Labute approximate surface area is 109 Å². The van der Waals surface area contributed by atoms with Crippen molar-refractivity contribution in [1.82, 2.24) is 0 Å². The van der Waals surface area contributed by atoms with Crippen LogP contribution in [0.4, 0.5) is 13.2 Å². The zero-order valence-electron chi connectivity index (χ0n) is 10.3. The molecule has 0 amide bonds. The number of carbonyl (C=O) groups excluding carboxylic acids is 1. The topological polar surface area (TPSA) is 56.7 Å². The molecule has 1 rings (SSSR count). The van der Waals surface area contributed by atoms with Gasteiger partial charge in [-0.25, -0.2) is 0 Å². The average molecular weight is 275 g/mol. The molecule has 1 aromatic rings. The summed E-state index contributed by atoms with van der Waals surface area (Å²) in [4.78, 5) is 8.78. The number of hydrogen-bond acceptors (Lipinski definition) is 2. The van der Waals surface area contributed by atoms with Gasteiger partial charge in [-0.05, 0) is 11.6 Å². The first kappa shape index (κ1) is 17.2. The molecule has 0 saturated heterocycles. The van der Waals surface area contributed by atoms with Crippen molar-refractivity contribution in [2.45, 2.75) is 12.6 Å². The number of quaternary nitrogens is 1. The Morgan fingerprint density at radius 1 is 1.32 bits per heavy atom. The number of carboxylic acid groups (broad SMARTS) is 1. The van der Waals surface area contributed by atoms with Gasteiger partial charge in [-0.15, -0.1) is 0 Å². The minimum Gasteiger partial charge on any atom is -0.542 e. The summed E-state index contributed by atoms with van der Waals surface area (Å²) >= 11 is 0. The largest absolute Gasteiger partial charge is 0.542 e. The van der Waals surface area contributed by atoms with E-state index < -0.39 is 12.1 Å². The lowest BCUT2D eigenvalue weighted by Crippen LogP contribution is -2.84. The number of carboxylic acids is 1. The zero-order chi connectivity index (χ0) is 14.7. The lowest BCUT2D eigenvalue weighted by Gasteiger charge is -2.03. The van der Waals surface area contributed by atoms with Crippen LogP contribution in [0.25, 0.3) is 0 Å². The SMILES string of the molecule is C=CC[NH2+]CCc1ccccc1.O=C([O-])C(F)(F)F. The molecule has 0 fully saturated rings. The second-order valence-electron chi connectivity index (χ2n) is 3.62. The number of hydrogen-bond donors (Lipinski definition) is 1. The molecule has 0 unspecified atom stereocenters. The molecule has 0 aliphatic heterocycles. The van der Waals surface area contributed by atoms with Gasteiger partial charge in [0.05, 0.1) is 13.1 Å². The molecule has 1 aromatic carbocycles. The summed E-state index contributed by atoms with van der Waals surface area (Å²) < 4.78 is 31.5. The normalized spacial score (nSPS) is 10.3. The van der Waals surface area contributed by atoms with Crippen LogP contribution in [0.15, 0.2) is 43.0 Å². The number of nitrogens with two attached hydrogens (primary N) is 1. The zero-order valence-corrected chi connectivity index (χ0v) is 10.3. The summed E-state index contributed by atoms with van der Waals surface area (Å²) in [6.07, 6.45) is -2.11. The van der Waals surface area contributed by atoms with E-state index in [1.54, 1.807) is 0 Å². The third kappa shape index (κ3) is 9.84. The van der Waals surface area contributed by atoms with Gasteiger partial charge < -0.3 is 15.2 Å². The van der Waals surface area contributed by atoms with Gasteiger partial charge in [-0.1, -0.05) is 36.9 Å². The van der Waals surface area contributed by atoms with E-state index in [0.29, 0.717) is 0 Å². The van der Waals surface area contributed by atoms with E-state index in [0.717, 1.165) is 19.5 Å². The maximum absolute atomic E-state index is 10.5. The van der Waals surface area contributed by atoms with Crippen molar-refractivity contribution in [3.05, 3.63) is 48.6 Å². The molecule has 0 atom stereocenters. The minimum absolute atomic E-state index is 1.02. The Kier molecular flexibility index (Phi) is 8.28. The third-order valence-corrected chi connectivity index (χ3v) is 2.04. The smallest absolute Gasteiger partial charge is 0.430 e. The predicted molar refractivity (Wildman–Crippen MR) is 63.1 cm³/mol. The second-order valence-corrected chi connectivity index (χ2v) is 3.62. The van der Waals surface area contributed by atoms with E-state index in [4.69, 9.17) is 9.90 Å². The first-order valence-corrected chi connectivity index (χ1v) is 5.62. The van der Waals surface area contributed by atoms with Crippen LogP contribution in [-0.2, 0) is 11.2 Å². The molecule has 0 heterocycles. The number of aliphatic carboxylic acids is 1. The summed E-state index contributed by atoms with van der Waals surface area (Å²) in [7, 11) is 0. The quantitative estimate of drug-likeness (QED) is 0.620. The number of halogens is 3. The molecule has 0 radical (unpaired) electrons. The van der Waals surface area contributed by atoms with E-state index in [1.165, 1.54) is 5.56 Å². The first-order valence-electron chi connectivity index (χ1n) is 5.62. The average Bonchev–Trinajstić information content (AvgIpc) is 2.35. The highest BCUT2D eigenvalue weighted by atomic mass is 19.4. The van der Waals surface area contributed by atoms with Gasteiger partial charge >= 0.3 is 6.18 Å². The third-order valence-electron chi connectivity index (χ3n) is 2.04. The standard InChI is InChI=1S/C11H15N.C2HF3O2/c1-2-9-12-10-8-11-6-4-3-5-7-11;3-2(4,5)1(6)7/h2-7,12H,1,8-10H2;(H,6,7).